The van der Waals surface area contributed by atoms with Gasteiger partial charge in [0.25, 0.3) is 5.91 Å². The molecule has 238 valence electrons. The SMILES string of the molecule is CCc1ccc(OCC2CC2)c(-c2ncnc3c(C(=O)N[C@H]4CC[C@H](NC(=O)O)CC4)c(C)n(COCC[Si](C)(C)C)c23)c1. The molecule has 2 amide bonds. The van der Waals surface area contributed by atoms with Crippen LogP contribution in [0.25, 0.3) is 22.3 Å². The maximum Gasteiger partial charge on any atom is 0.404 e. The van der Waals surface area contributed by atoms with Gasteiger partial charge in [-0.05, 0) is 81.5 Å². The molecule has 0 spiro atoms. The molecule has 0 aliphatic heterocycles. The molecule has 44 heavy (non-hydrogen) atoms. The number of aromatic nitrogens is 3. The third-order valence-electron chi connectivity index (χ3n) is 8.81. The van der Waals surface area contributed by atoms with Crippen molar-refractivity contribution < 1.29 is 24.2 Å². The van der Waals surface area contributed by atoms with Crippen LogP contribution in [0.5, 0.6) is 5.75 Å². The molecule has 2 aliphatic rings. The van der Waals surface area contributed by atoms with E-state index in [9.17, 15) is 9.59 Å². The number of fused-ring (bicyclic) bond motifs is 1. The molecule has 3 aromatic rings. The van der Waals surface area contributed by atoms with Crippen molar-refractivity contribution >= 4 is 31.1 Å². The average molecular weight is 622 g/mol. The van der Waals surface area contributed by atoms with E-state index in [1.54, 1.807) is 0 Å². The zero-order valence-corrected chi connectivity index (χ0v) is 27.7. The highest BCUT2D eigenvalue weighted by Crippen LogP contribution is 2.38. The van der Waals surface area contributed by atoms with Crippen LogP contribution in [-0.4, -0.2) is 65.0 Å². The number of nitrogens with zero attached hydrogens (tertiary/aromatic N) is 3. The molecule has 2 heterocycles. The van der Waals surface area contributed by atoms with Gasteiger partial charge in [0.15, 0.2) is 0 Å². The smallest absolute Gasteiger partial charge is 0.404 e. The highest BCUT2D eigenvalue weighted by atomic mass is 28.3. The van der Waals surface area contributed by atoms with Crippen LogP contribution >= 0.6 is 0 Å². The van der Waals surface area contributed by atoms with Gasteiger partial charge in [-0.1, -0.05) is 32.6 Å². The van der Waals surface area contributed by atoms with Gasteiger partial charge in [-0.3, -0.25) is 4.79 Å². The highest BCUT2D eigenvalue weighted by Gasteiger charge is 2.29. The van der Waals surface area contributed by atoms with E-state index < -0.39 is 14.2 Å². The second-order valence-corrected chi connectivity index (χ2v) is 19.2. The van der Waals surface area contributed by atoms with Crippen LogP contribution in [0.2, 0.25) is 25.7 Å². The fourth-order valence-electron chi connectivity index (χ4n) is 5.87. The Labute approximate surface area is 261 Å². The van der Waals surface area contributed by atoms with Crippen molar-refractivity contribution in [3.63, 3.8) is 0 Å². The summed E-state index contributed by atoms with van der Waals surface area (Å²) in [6.07, 6.45) is 6.60. The number of carbonyl (C=O) groups is 2. The maximum absolute atomic E-state index is 13.9. The molecule has 3 N–H and O–H groups in total. The van der Waals surface area contributed by atoms with Gasteiger partial charge in [0, 0.05) is 38.0 Å². The van der Waals surface area contributed by atoms with Crippen molar-refractivity contribution in [2.45, 2.75) is 103 Å². The first-order valence-electron chi connectivity index (χ1n) is 16.0. The van der Waals surface area contributed by atoms with E-state index >= 15 is 0 Å². The van der Waals surface area contributed by atoms with Crippen LogP contribution in [0, 0.1) is 12.8 Å². The summed E-state index contributed by atoms with van der Waals surface area (Å²) in [5.74, 6) is 1.22. The number of carboxylic acid groups (broad SMARTS) is 1. The average Bonchev–Trinajstić information content (AvgIpc) is 3.76. The van der Waals surface area contributed by atoms with Crippen LogP contribution < -0.4 is 15.4 Å². The summed E-state index contributed by atoms with van der Waals surface area (Å²) in [7, 11) is -1.29. The highest BCUT2D eigenvalue weighted by molar-refractivity contribution is 6.76. The molecule has 0 unspecified atom stereocenters. The summed E-state index contributed by atoms with van der Waals surface area (Å²) in [5, 5.41) is 14.9. The van der Waals surface area contributed by atoms with E-state index in [1.807, 2.05) is 17.6 Å². The Bertz CT molecular complexity index is 1490. The zero-order chi connectivity index (χ0) is 31.4. The summed E-state index contributed by atoms with van der Waals surface area (Å²) in [6, 6.07) is 7.21. The van der Waals surface area contributed by atoms with E-state index in [4.69, 9.17) is 19.6 Å². The molecule has 10 nitrogen and oxygen atoms in total. The Morgan fingerprint density at radius 3 is 2.39 bits per heavy atom. The fraction of sp³-hybridized carbons (Fsp3) is 0.576. The van der Waals surface area contributed by atoms with Gasteiger partial charge < -0.3 is 29.8 Å². The van der Waals surface area contributed by atoms with Gasteiger partial charge >= 0.3 is 6.09 Å². The van der Waals surface area contributed by atoms with E-state index in [0.29, 0.717) is 55.9 Å². The summed E-state index contributed by atoms with van der Waals surface area (Å²) >= 11 is 0. The Kier molecular flexibility index (Phi) is 9.94. The number of hydrogen-bond acceptors (Lipinski definition) is 6. The molecule has 0 atom stereocenters. The number of hydrogen-bond donors (Lipinski definition) is 3. The topological polar surface area (TPSA) is 128 Å². The van der Waals surface area contributed by atoms with Crippen molar-refractivity contribution in [3.05, 3.63) is 41.3 Å². The second kappa shape index (κ2) is 13.7. The third kappa shape index (κ3) is 7.79. The molecule has 2 aliphatic carbocycles. The van der Waals surface area contributed by atoms with Gasteiger partial charge in [0.05, 0.1) is 17.7 Å². The predicted molar refractivity (Wildman–Crippen MR) is 174 cm³/mol. The van der Waals surface area contributed by atoms with Gasteiger partial charge in [0.2, 0.25) is 0 Å². The number of carbonyl (C=O) groups excluding carboxylic acids is 1. The van der Waals surface area contributed by atoms with Gasteiger partial charge in [0.1, 0.15) is 30.0 Å². The lowest BCUT2D eigenvalue weighted by molar-refractivity contribution is 0.0877. The summed E-state index contributed by atoms with van der Waals surface area (Å²) < 4.78 is 14.6. The fourth-order valence-corrected chi connectivity index (χ4v) is 6.63. The van der Waals surface area contributed by atoms with E-state index in [-0.39, 0.29) is 24.7 Å². The first-order valence-corrected chi connectivity index (χ1v) is 19.7. The summed E-state index contributed by atoms with van der Waals surface area (Å²) in [4.78, 5) is 34.5. The lowest BCUT2D eigenvalue weighted by atomic mass is 9.91. The first-order chi connectivity index (χ1) is 21.0. The Morgan fingerprint density at radius 1 is 1.05 bits per heavy atom. The van der Waals surface area contributed by atoms with Gasteiger partial charge in [-0.2, -0.15) is 0 Å². The Balaban J connectivity index is 1.51. The van der Waals surface area contributed by atoms with Crippen LogP contribution in [0.3, 0.4) is 0 Å². The number of benzene rings is 1. The van der Waals surface area contributed by atoms with Crippen molar-refractivity contribution in [1.29, 1.82) is 0 Å². The van der Waals surface area contributed by atoms with Crippen LogP contribution in [0.4, 0.5) is 4.79 Å². The van der Waals surface area contributed by atoms with Crippen LogP contribution in [-0.2, 0) is 17.9 Å². The van der Waals surface area contributed by atoms with Crippen molar-refractivity contribution in [3.8, 4) is 17.0 Å². The molecule has 2 fully saturated rings. The minimum Gasteiger partial charge on any atom is -0.493 e. The monoisotopic (exact) mass is 621 g/mol. The molecule has 11 heteroatoms. The minimum atomic E-state index is -1.29. The van der Waals surface area contributed by atoms with E-state index in [2.05, 4.69) is 54.3 Å². The number of ether oxygens (including phenoxy) is 2. The van der Waals surface area contributed by atoms with Crippen molar-refractivity contribution in [2.75, 3.05) is 13.2 Å². The van der Waals surface area contributed by atoms with E-state index in [0.717, 1.165) is 40.7 Å². The molecule has 1 aromatic carbocycles. The van der Waals surface area contributed by atoms with Crippen molar-refractivity contribution in [1.82, 2.24) is 25.2 Å². The lowest BCUT2D eigenvalue weighted by Gasteiger charge is -2.28. The van der Waals surface area contributed by atoms with Crippen molar-refractivity contribution in [2.24, 2.45) is 5.92 Å². The molecule has 2 aromatic heterocycles. The van der Waals surface area contributed by atoms with Gasteiger partial charge in [-0.25, -0.2) is 14.8 Å². The quantitative estimate of drug-likeness (QED) is 0.149. The molecular weight excluding hydrogens is 574 g/mol. The van der Waals surface area contributed by atoms with E-state index in [1.165, 1.54) is 24.7 Å². The molecule has 0 radical (unpaired) electrons. The first kappa shape index (κ1) is 32.0. The molecule has 0 bridgehead atoms. The largest absolute Gasteiger partial charge is 0.493 e. The zero-order valence-electron chi connectivity index (χ0n) is 26.7. The van der Waals surface area contributed by atoms with Crippen LogP contribution in [0.15, 0.2) is 24.5 Å². The number of nitrogens with one attached hydrogen (secondary N) is 2. The summed E-state index contributed by atoms with van der Waals surface area (Å²) in [6.45, 7) is 12.7. The minimum absolute atomic E-state index is 0.0369. The normalized spacial score (nSPS) is 18.8. The molecule has 2 saturated carbocycles. The Hall–Kier alpha value is -3.44. The second-order valence-electron chi connectivity index (χ2n) is 13.6. The summed E-state index contributed by atoms with van der Waals surface area (Å²) in [5.41, 5.74) is 5.47. The number of aryl methyl sites for hydroxylation is 1. The van der Waals surface area contributed by atoms with Crippen LogP contribution in [0.1, 0.15) is 67.1 Å². The lowest BCUT2D eigenvalue weighted by Crippen LogP contribution is -2.43. The molecule has 5 rings (SSSR count). The number of rotatable bonds is 13. The standard InChI is InChI=1S/C33H47N5O5Si/c1-6-22-9-14-27(43-18-23-7-8-23)26(17-22)29-31-30(35-19-34-29)28(21(2)38(31)20-42-15-16-44(3,4)5)32(39)36-24-10-12-25(13-11-24)37-33(40)41/h9,14,17,19,23-25,37H,6-8,10-13,15-16,18,20H2,1-5H3,(H,36,39)(H,40,41)/t24-,25-. The van der Waals surface area contributed by atoms with Gasteiger partial charge in [-0.15, -0.1) is 0 Å². The maximum atomic E-state index is 13.9. The molecule has 0 saturated heterocycles. The third-order valence-corrected chi connectivity index (χ3v) is 10.5. The predicted octanol–water partition coefficient (Wildman–Crippen LogP) is 6.38. The molecular formula is C33H47N5O5Si. The Morgan fingerprint density at radius 2 is 1.75 bits per heavy atom. The number of amides is 2.